The van der Waals surface area contributed by atoms with Crippen LogP contribution in [0.3, 0.4) is 0 Å². The second-order valence-corrected chi connectivity index (χ2v) is 12.6. The molecule has 1 aliphatic rings. The zero-order valence-electron chi connectivity index (χ0n) is 21.7. The zero-order chi connectivity index (χ0) is 25.7. The molecule has 0 N–H and O–H groups in total. The second-order valence-electron chi connectivity index (χ2n) is 10.9. The number of carbonyl (C=O) groups excluding carboxylic acids is 1. The van der Waals surface area contributed by atoms with Gasteiger partial charge in [-0.05, 0) is 95.3 Å². The van der Waals surface area contributed by atoms with E-state index in [2.05, 4.69) is 123 Å². The summed E-state index contributed by atoms with van der Waals surface area (Å²) in [6.07, 6.45) is 2.39. The molecule has 0 saturated heterocycles. The Labute approximate surface area is 227 Å². The molecule has 3 aromatic carbocycles. The molecular formula is C32H34Br2O. The van der Waals surface area contributed by atoms with E-state index in [0.29, 0.717) is 6.42 Å². The first-order valence-corrected chi connectivity index (χ1v) is 13.9. The van der Waals surface area contributed by atoms with E-state index in [-0.39, 0.29) is 23.0 Å². The molecule has 0 bridgehead atoms. The molecule has 0 fully saturated rings. The minimum absolute atomic E-state index is 0.0440. The highest BCUT2D eigenvalue weighted by Crippen LogP contribution is 2.52. The van der Waals surface area contributed by atoms with Gasteiger partial charge in [0.05, 0.1) is 0 Å². The third-order valence-electron chi connectivity index (χ3n) is 7.82. The van der Waals surface area contributed by atoms with Gasteiger partial charge in [-0.15, -0.1) is 0 Å². The zero-order valence-corrected chi connectivity index (χ0v) is 24.9. The van der Waals surface area contributed by atoms with Crippen LogP contribution in [0, 0.1) is 27.7 Å². The highest BCUT2D eigenvalue weighted by Gasteiger charge is 2.37. The van der Waals surface area contributed by atoms with Crippen molar-refractivity contribution in [2.24, 2.45) is 0 Å². The summed E-state index contributed by atoms with van der Waals surface area (Å²) in [5, 5.41) is 0. The van der Waals surface area contributed by atoms with E-state index in [4.69, 9.17) is 0 Å². The molecule has 2 atom stereocenters. The topological polar surface area (TPSA) is 17.1 Å². The summed E-state index contributed by atoms with van der Waals surface area (Å²) in [6.45, 7) is 15.5. The summed E-state index contributed by atoms with van der Waals surface area (Å²) in [4.78, 5) is 13.3. The van der Waals surface area contributed by atoms with Crippen LogP contribution in [-0.4, -0.2) is 5.78 Å². The third kappa shape index (κ3) is 4.87. The Bertz CT molecular complexity index is 1290. The van der Waals surface area contributed by atoms with Crippen molar-refractivity contribution < 1.29 is 4.79 Å². The molecular weight excluding hydrogens is 560 g/mol. The largest absolute Gasteiger partial charge is 0.295 e. The van der Waals surface area contributed by atoms with Gasteiger partial charge >= 0.3 is 0 Å². The van der Waals surface area contributed by atoms with Gasteiger partial charge in [0.2, 0.25) is 0 Å². The van der Waals surface area contributed by atoms with Crippen molar-refractivity contribution in [3.05, 3.63) is 108 Å². The second kappa shape index (κ2) is 9.82. The number of allylic oxidation sites excluding steroid dienone is 2. The maximum atomic E-state index is 13.3. The average Bonchev–Trinajstić information content (AvgIpc) is 2.81. The van der Waals surface area contributed by atoms with Crippen LogP contribution in [0.2, 0.25) is 0 Å². The van der Waals surface area contributed by atoms with Gasteiger partial charge in [-0.3, -0.25) is 4.79 Å². The first kappa shape index (κ1) is 26.1. The minimum atomic E-state index is 0.0440. The summed E-state index contributed by atoms with van der Waals surface area (Å²) < 4.78 is 2.16. The Morgan fingerprint density at radius 2 is 1.40 bits per heavy atom. The maximum absolute atomic E-state index is 13.3. The number of hydrogen-bond acceptors (Lipinski definition) is 1. The first-order valence-electron chi connectivity index (χ1n) is 12.3. The van der Waals surface area contributed by atoms with Crippen LogP contribution in [-0.2, 0) is 10.2 Å². The van der Waals surface area contributed by atoms with Gasteiger partial charge in [0, 0.05) is 27.2 Å². The number of hydrogen-bond donors (Lipinski definition) is 0. The highest BCUT2D eigenvalue weighted by molar-refractivity contribution is 9.10. The SMILES string of the molecule is Cc1c(C)c(C)c(C2CC(=O)C=C(c3ccccc3Br)C2c2ccc(C(C)(C)C)cc2)c(Br)c1C. The van der Waals surface area contributed by atoms with Crippen LogP contribution in [0.4, 0.5) is 0 Å². The van der Waals surface area contributed by atoms with Crippen molar-refractivity contribution in [2.45, 2.75) is 72.1 Å². The molecule has 0 heterocycles. The van der Waals surface area contributed by atoms with Crippen molar-refractivity contribution >= 4 is 43.2 Å². The molecule has 3 heteroatoms. The molecule has 0 amide bonds. The van der Waals surface area contributed by atoms with Crippen molar-refractivity contribution in [3.63, 3.8) is 0 Å². The predicted molar refractivity (Wildman–Crippen MR) is 155 cm³/mol. The summed E-state index contributed by atoms with van der Waals surface area (Å²) in [5.74, 6) is 0.296. The minimum Gasteiger partial charge on any atom is -0.295 e. The number of carbonyl (C=O) groups is 1. The molecule has 2 unspecified atom stereocenters. The Kier molecular flexibility index (Phi) is 7.33. The predicted octanol–water partition coefficient (Wildman–Crippen LogP) is 9.67. The van der Waals surface area contributed by atoms with Gasteiger partial charge in [0.25, 0.3) is 0 Å². The van der Waals surface area contributed by atoms with E-state index in [1.165, 1.54) is 38.9 Å². The van der Waals surface area contributed by atoms with E-state index in [0.717, 1.165) is 20.1 Å². The summed E-state index contributed by atoms with van der Waals surface area (Å²) >= 11 is 7.73. The molecule has 3 aromatic rings. The Balaban J connectivity index is 1.99. The normalized spacial score (nSPS) is 18.5. The van der Waals surface area contributed by atoms with Crippen molar-refractivity contribution in [3.8, 4) is 0 Å². The van der Waals surface area contributed by atoms with Crippen LogP contribution in [0.15, 0.2) is 63.6 Å². The number of halogens is 2. The number of ketones is 1. The lowest BCUT2D eigenvalue weighted by Gasteiger charge is -2.36. The lowest BCUT2D eigenvalue weighted by atomic mass is 9.67. The fourth-order valence-corrected chi connectivity index (χ4v) is 6.82. The smallest absolute Gasteiger partial charge is 0.156 e. The number of benzene rings is 3. The Morgan fingerprint density at radius 3 is 2.00 bits per heavy atom. The number of rotatable bonds is 3. The highest BCUT2D eigenvalue weighted by atomic mass is 79.9. The molecule has 4 rings (SSSR count). The Morgan fingerprint density at radius 1 is 0.800 bits per heavy atom. The molecule has 1 aliphatic carbocycles. The van der Waals surface area contributed by atoms with Crippen LogP contribution in [0.5, 0.6) is 0 Å². The van der Waals surface area contributed by atoms with E-state index >= 15 is 0 Å². The molecule has 0 aliphatic heterocycles. The monoisotopic (exact) mass is 592 g/mol. The van der Waals surface area contributed by atoms with E-state index in [9.17, 15) is 4.79 Å². The van der Waals surface area contributed by atoms with Gasteiger partial charge in [-0.1, -0.05) is 95.1 Å². The lowest BCUT2D eigenvalue weighted by molar-refractivity contribution is -0.115. The molecule has 35 heavy (non-hydrogen) atoms. The van der Waals surface area contributed by atoms with Gasteiger partial charge in [0.1, 0.15) is 0 Å². The van der Waals surface area contributed by atoms with Crippen molar-refractivity contribution in [1.29, 1.82) is 0 Å². The van der Waals surface area contributed by atoms with Crippen LogP contribution in [0.25, 0.3) is 5.57 Å². The van der Waals surface area contributed by atoms with Crippen molar-refractivity contribution in [1.82, 2.24) is 0 Å². The summed E-state index contributed by atoms with van der Waals surface area (Å²) in [6, 6.07) is 17.3. The first-order chi connectivity index (χ1) is 16.4. The molecule has 0 saturated carbocycles. The standard InChI is InChI=1S/C32H34Br2O/c1-18-19(2)21(4)31(34)29(20(18)3)27-17-24(35)16-26(25-10-8-9-11-28(25)33)30(27)22-12-14-23(15-13-22)32(5,6)7/h8-16,27,30H,17H2,1-7H3. The van der Waals surface area contributed by atoms with Crippen LogP contribution >= 0.6 is 31.9 Å². The Hall–Kier alpha value is -1.97. The molecule has 0 aromatic heterocycles. The lowest BCUT2D eigenvalue weighted by Crippen LogP contribution is -2.24. The fourth-order valence-electron chi connectivity index (χ4n) is 5.42. The summed E-state index contributed by atoms with van der Waals surface area (Å²) in [5.41, 5.74) is 11.3. The molecule has 1 nitrogen and oxygen atoms in total. The van der Waals surface area contributed by atoms with Gasteiger partial charge < -0.3 is 0 Å². The third-order valence-corrected chi connectivity index (χ3v) is 9.54. The van der Waals surface area contributed by atoms with E-state index in [1.807, 2.05) is 12.1 Å². The van der Waals surface area contributed by atoms with Gasteiger partial charge in [-0.25, -0.2) is 0 Å². The van der Waals surface area contributed by atoms with Crippen molar-refractivity contribution in [2.75, 3.05) is 0 Å². The van der Waals surface area contributed by atoms with Gasteiger partial charge in [0.15, 0.2) is 5.78 Å². The van der Waals surface area contributed by atoms with Crippen LogP contribution in [0.1, 0.15) is 83.5 Å². The quantitative estimate of drug-likeness (QED) is 0.295. The maximum Gasteiger partial charge on any atom is 0.156 e. The molecule has 0 spiro atoms. The van der Waals surface area contributed by atoms with E-state index in [1.54, 1.807) is 0 Å². The van der Waals surface area contributed by atoms with Crippen LogP contribution < -0.4 is 0 Å². The molecule has 0 radical (unpaired) electrons. The molecule has 182 valence electrons. The van der Waals surface area contributed by atoms with Gasteiger partial charge in [-0.2, -0.15) is 0 Å². The average molecular weight is 594 g/mol. The summed E-state index contributed by atoms with van der Waals surface area (Å²) in [7, 11) is 0. The fraction of sp³-hybridized carbons (Fsp3) is 0.344. The van der Waals surface area contributed by atoms with E-state index < -0.39 is 0 Å².